The number of para-hydroxylation sites is 1. The number of nitro benzene ring substituents is 1. The molecule has 2 aromatic carbocycles. The number of methoxy groups -OCH3 is 1. The highest BCUT2D eigenvalue weighted by Crippen LogP contribution is 2.42. The molecule has 2 aliphatic heterocycles. The smallest absolute Gasteiger partial charge is 0.273 e. The minimum absolute atomic E-state index is 0.0866. The molecule has 2 heterocycles. The summed E-state index contributed by atoms with van der Waals surface area (Å²) < 4.78 is 5.19. The Bertz CT molecular complexity index is 916. The van der Waals surface area contributed by atoms with Gasteiger partial charge < -0.3 is 20.7 Å². The Kier molecular flexibility index (Phi) is 4.19. The fourth-order valence-corrected chi connectivity index (χ4v) is 3.95. The Balaban J connectivity index is 1.50. The van der Waals surface area contributed by atoms with Crippen molar-refractivity contribution in [3.05, 3.63) is 58.1 Å². The average molecular weight is 368 g/mol. The van der Waals surface area contributed by atoms with Crippen LogP contribution in [-0.2, 0) is 10.2 Å². The number of anilines is 2. The van der Waals surface area contributed by atoms with Crippen molar-refractivity contribution in [3.8, 4) is 5.75 Å². The molecule has 2 aliphatic rings. The van der Waals surface area contributed by atoms with Gasteiger partial charge in [0.1, 0.15) is 5.75 Å². The van der Waals surface area contributed by atoms with Crippen molar-refractivity contribution in [1.29, 1.82) is 0 Å². The average Bonchev–Trinajstić information content (AvgIpc) is 3.27. The second-order valence-corrected chi connectivity index (χ2v) is 6.95. The van der Waals surface area contributed by atoms with Crippen molar-refractivity contribution in [3.63, 3.8) is 0 Å². The van der Waals surface area contributed by atoms with Crippen LogP contribution in [0.5, 0.6) is 5.75 Å². The zero-order chi connectivity index (χ0) is 19.0. The number of nitro groups is 1. The maximum absolute atomic E-state index is 12.8. The van der Waals surface area contributed by atoms with E-state index in [1.54, 1.807) is 0 Å². The number of amides is 1. The molecule has 0 bridgehead atoms. The number of hydrogen-bond donors (Lipinski definition) is 3. The summed E-state index contributed by atoms with van der Waals surface area (Å²) in [6.07, 6.45) is 0.679. The van der Waals surface area contributed by atoms with E-state index in [0.29, 0.717) is 18.7 Å². The number of hydrogen-bond acceptors (Lipinski definition) is 6. The van der Waals surface area contributed by atoms with Crippen LogP contribution in [0.15, 0.2) is 42.5 Å². The van der Waals surface area contributed by atoms with E-state index < -0.39 is 4.92 Å². The van der Waals surface area contributed by atoms with Crippen molar-refractivity contribution in [2.75, 3.05) is 30.8 Å². The van der Waals surface area contributed by atoms with Crippen molar-refractivity contribution in [2.24, 2.45) is 0 Å². The number of non-ortho nitro benzene ring substituents is 1. The van der Waals surface area contributed by atoms with Crippen LogP contribution < -0.4 is 20.7 Å². The molecule has 1 amide bonds. The van der Waals surface area contributed by atoms with Gasteiger partial charge in [0.2, 0.25) is 5.91 Å². The first kappa shape index (κ1) is 17.3. The lowest BCUT2D eigenvalue weighted by atomic mass is 9.80. The van der Waals surface area contributed by atoms with Gasteiger partial charge in [0.25, 0.3) is 5.69 Å². The molecule has 8 nitrogen and oxygen atoms in total. The van der Waals surface area contributed by atoms with Crippen LogP contribution in [-0.4, -0.2) is 37.1 Å². The summed E-state index contributed by atoms with van der Waals surface area (Å²) in [7, 11) is 1.42. The standard InChI is InChI=1S/C19H20N4O4/c1-27-17-8-12(23(25)26)6-7-15(17)22-18(24)16-9-19(11-21-16)10-20-14-5-3-2-4-13(14)19/h2-8,16,20-21H,9-11H2,1H3,(H,22,24). The van der Waals surface area contributed by atoms with E-state index in [1.807, 2.05) is 12.1 Å². The Morgan fingerprint density at radius 1 is 1.30 bits per heavy atom. The molecule has 4 rings (SSSR count). The van der Waals surface area contributed by atoms with Gasteiger partial charge in [-0.2, -0.15) is 0 Å². The molecule has 27 heavy (non-hydrogen) atoms. The summed E-state index contributed by atoms with van der Waals surface area (Å²) in [6.45, 7) is 1.51. The van der Waals surface area contributed by atoms with Crippen LogP contribution in [0.1, 0.15) is 12.0 Å². The summed E-state index contributed by atoms with van der Waals surface area (Å²) in [5.41, 5.74) is 2.59. The van der Waals surface area contributed by atoms with E-state index in [1.165, 1.54) is 30.9 Å². The minimum Gasteiger partial charge on any atom is -0.494 e. The summed E-state index contributed by atoms with van der Waals surface area (Å²) in [5, 5.41) is 20.5. The van der Waals surface area contributed by atoms with Crippen LogP contribution >= 0.6 is 0 Å². The van der Waals surface area contributed by atoms with Gasteiger partial charge in [0.05, 0.1) is 29.8 Å². The van der Waals surface area contributed by atoms with Crippen LogP contribution in [0.25, 0.3) is 0 Å². The van der Waals surface area contributed by atoms with Gasteiger partial charge in [-0.25, -0.2) is 0 Å². The van der Waals surface area contributed by atoms with Crippen LogP contribution in [0.4, 0.5) is 17.1 Å². The topological polar surface area (TPSA) is 106 Å². The molecule has 3 N–H and O–H groups in total. The van der Waals surface area contributed by atoms with Gasteiger partial charge in [0, 0.05) is 30.3 Å². The third-order valence-electron chi connectivity index (χ3n) is 5.37. The second kappa shape index (κ2) is 6.55. The molecule has 2 atom stereocenters. The van der Waals surface area contributed by atoms with E-state index >= 15 is 0 Å². The summed E-state index contributed by atoms with van der Waals surface area (Å²) in [4.78, 5) is 23.2. The highest BCUT2D eigenvalue weighted by Gasteiger charge is 2.46. The summed E-state index contributed by atoms with van der Waals surface area (Å²) in [6, 6.07) is 12.0. The van der Waals surface area contributed by atoms with Crippen molar-refractivity contribution >= 4 is 23.0 Å². The second-order valence-electron chi connectivity index (χ2n) is 6.95. The van der Waals surface area contributed by atoms with Gasteiger partial charge in [-0.05, 0) is 24.1 Å². The SMILES string of the molecule is COc1cc([N+](=O)[O-])ccc1NC(=O)C1CC2(CNc3ccccc32)CN1. The Morgan fingerprint density at radius 3 is 2.89 bits per heavy atom. The Morgan fingerprint density at radius 2 is 2.11 bits per heavy atom. The lowest BCUT2D eigenvalue weighted by Crippen LogP contribution is -2.35. The number of fused-ring (bicyclic) bond motifs is 2. The maximum Gasteiger partial charge on any atom is 0.273 e. The van der Waals surface area contributed by atoms with Gasteiger partial charge in [-0.3, -0.25) is 14.9 Å². The molecule has 0 aliphatic carbocycles. The Labute approximate surface area is 156 Å². The molecule has 2 aromatic rings. The lowest BCUT2D eigenvalue weighted by Gasteiger charge is -2.22. The quantitative estimate of drug-likeness (QED) is 0.565. The normalized spacial score (nSPS) is 22.9. The van der Waals surface area contributed by atoms with Gasteiger partial charge in [-0.15, -0.1) is 0 Å². The molecule has 0 saturated carbocycles. The third kappa shape index (κ3) is 2.97. The van der Waals surface area contributed by atoms with Crippen molar-refractivity contribution in [2.45, 2.75) is 17.9 Å². The molecule has 0 radical (unpaired) electrons. The van der Waals surface area contributed by atoms with E-state index in [9.17, 15) is 14.9 Å². The highest BCUT2D eigenvalue weighted by atomic mass is 16.6. The van der Waals surface area contributed by atoms with E-state index in [4.69, 9.17) is 4.74 Å². The van der Waals surface area contributed by atoms with E-state index in [-0.39, 0.29) is 28.8 Å². The first-order valence-corrected chi connectivity index (χ1v) is 8.72. The molecular formula is C19H20N4O4. The number of carbonyl (C=O) groups is 1. The molecule has 1 spiro atoms. The first-order chi connectivity index (χ1) is 13.0. The van der Waals surface area contributed by atoms with Crippen LogP contribution in [0.3, 0.4) is 0 Å². The highest BCUT2D eigenvalue weighted by molar-refractivity contribution is 5.96. The fraction of sp³-hybridized carbons (Fsp3) is 0.316. The number of carbonyl (C=O) groups excluding carboxylic acids is 1. The molecule has 1 fully saturated rings. The first-order valence-electron chi connectivity index (χ1n) is 8.72. The number of nitrogens with zero attached hydrogens (tertiary/aromatic N) is 1. The molecule has 2 unspecified atom stereocenters. The lowest BCUT2D eigenvalue weighted by molar-refractivity contribution is -0.384. The Hall–Kier alpha value is -3.13. The van der Waals surface area contributed by atoms with Gasteiger partial charge in [-0.1, -0.05) is 18.2 Å². The van der Waals surface area contributed by atoms with E-state index in [0.717, 1.165) is 12.2 Å². The number of benzene rings is 2. The predicted molar refractivity (Wildman–Crippen MR) is 101 cm³/mol. The zero-order valence-corrected chi connectivity index (χ0v) is 14.8. The molecule has 140 valence electrons. The largest absolute Gasteiger partial charge is 0.494 e. The zero-order valence-electron chi connectivity index (χ0n) is 14.8. The van der Waals surface area contributed by atoms with Crippen LogP contribution in [0, 0.1) is 10.1 Å². The number of nitrogens with one attached hydrogen (secondary N) is 3. The molecule has 8 heteroatoms. The van der Waals surface area contributed by atoms with Crippen LogP contribution in [0.2, 0.25) is 0 Å². The van der Waals surface area contributed by atoms with Crippen molar-refractivity contribution < 1.29 is 14.5 Å². The van der Waals surface area contributed by atoms with Gasteiger partial charge in [0.15, 0.2) is 0 Å². The van der Waals surface area contributed by atoms with Gasteiger partial charge >= 0.3 is 0 Å². The number of ether oxygens (including phenoxy) is 1. The third-order valence-corrected chi connectivity index (χ3v) is 5.37. The fourth-order valence-electron chi connectivity index (χ4n) is 3.95. The van der Waals surface area contributed by atoms with Crippen molar-refractivity contribution in [1.82, 2.24) is 5.32 Å². The molecule has 0 aromatic heterocycles. The maximum atomic E-state index is 12.8. The molecular weight excluding hydrogens is 348 g/mol. The van der Waals surface area contributed by atoms with E-state index in [2.05, 4.69) is 28.1 Å². The summed E-state index contributed by atoms with van der Waals surface area (Å²) >= 11 is 0. The minimum atomic E-state index is -0.499. The monoisotopic (exact) mass is 368 g/mol. The molecule has 1 saturated heterocycles. The summed E-state index contributed by atoms with van der Waals surface area (Å²) in [5.74, 6) is 0.0848. The number of rotatable bonds is 4. The predicted octanol–water partition coefficient (Wildman–Crippen LogP) is 2.27.